The highest BCUT2D eigenvalue weighted by Crippen LogP contribution is 2.28. The minimum absolute atomic E-state index is 0.531. The van der Waals surface area contributed by atoms with Gasteiger partial charge in [-0.25, -0.2) is 9.50 Å². The van der Waals surface area contributed by atoms with E-state index in [9.17, 15) is 0 Å². The maximum absolute atomic E-state index is 5.96. The topological polar surface area (TPSA) is 30.2 Å². The second-order valence-corrected chi connectivity index (χ2v) is 4.85. The van der Waals surface area contributed by atoms with Gasteiger partial charge in [-0.1, -0.05) is 40.6 Å². The SMILES string of the molecule is Clc1ccc(-c2cn3ncsc3n2)cc1Cl. The molecule has 0 aliphatic heterocycles. The summed E-state index contributed by atoms with van der Waals surface area (Å²) < 4.78 is 1.74. The normalized spacial score (nSPS) is 11.1. The van der Waals surface area contributed by atoms with E-state index in [1.54, 1.807) is 22.2 Å². The van der Waals surface area contributed by atoms with Crippen molar-refractivity contribution in [2.75, 3.05) is 0 Å². The van der Waals surface area contributed by atoms with Crippen LogP contribution in [-0.4, -0.2) is 14.6 Å². The molecule has 0 aliphatic carbocycles. The smallest absolute Gasteiger partial charge is 0.212 e. The summed E-state index contributed by atoms with van der Waals surface area (Å²) in [7, 11) is 0. The summed E-state index contributed by atoms with van der Waals surface area (Å²) >= 11 is 13.3. The number of imidazole rings is 1. The summed E-state index contributed by atoms with van der Waals surface area (Å²) in [6.45, 7) is 0. The van der Waals surface area contributed by atoms with Gasteiger partial charge in [0.2, 0.25) is 4.96 Å². The second-order valence-electron chi connectivity index (χ2n) is 3.22. The molecule has 3 rings (SSSR count). The van der Waals surface area contributed by atoms with E-state index in [-0.39, 0.29) is 0 Å². The molecule has 0 unspecified atom stereocenters. The standard InChI is InChI=1S/C10H5Cl2N3S/c11-7-2-1-6(3-8(7)12)9-4-15-10(14-9)16-5-13-15/h1-5H. The summed E-state index contributed by atoms with van der Waals surface area (Å²) in [4.78, 5) is 5.29. The van der Waals surface area contributed by atoms with Crippen LogP contribution in [0.1, 0.15) is 0 Å². The molecule has 2 heterocycles. The van der Waals surface area contributed by atoms with Crippen molar-refractivity contribution < 1.29 is 0 Å². The average molecular weight is 270 g/mol. The van der Waals surface area contributed by atoms with Crippen LogP contribution in [0.4, 0.5) is 0 Å². The van der Waals surface area contributed by atoms with Crippen molar-refractivity contribution in [1.82, 2.24) is 14.6 Å². The van der Waals surface area contributed by atoms with Gasteiger partial charge in [-0.3, -0.25) is 0 Å². The monoisotopic (exact) mass is 269 g/mol. The zero-order valence-corrected chi connectivity index (χ0v) is 10.2. The van der Waals surface area contributed by atoms with E-state index in [0.29, 0.717) is 10.0 Å². The van der Waals surface area contributed by atoms with Crippen molar-refractivity contribution in [2.24, 2.45) is 0 Å². The Hall–Kier alpha value is -1.10. The molecule has 0 atom stereocenters. The van der Waals surface area contributed by atoms with E-state index >= 15 is 0 Å². The number of halogens is 2. The fourth-order valence-corrected chi connectivity index (χ4v) is 2.33. The van der Waals surface area contributed by atoms with Crippen molar-refractivity contribution in [1.29, 1.82) is 0 Å². The van der Waals surface area contributed by atoms with E-state index < -0.39 is 0 Å². The molecule has 0 saturated heterocycles. The third-order valence-electron chi connectivity index (χ3n) is 2.20. The van der Waals surface area contributed by atoms with Gasteiger partial charge >= 0.3 is 0 Å². The van der Waals surface area contributed by atoms with E-state index in [2.05, 4.69) is 10.1 Å². The van der Waals surface area contributed by atoms with Crippen LogP contribution in [0.2, 0.25) is 10.0 Å². The van der Waals surface area contributed by atoms with Gasteiger partial charge < -0.3 is 0 Å². The molecule has 2 aromatic heterocycles. The number of benzene rings is 1. The molecule has 0 saturated carbocycles. The molecule has 6 heteroatoms. The highest BCUT2D eigenvalue weighted by atomic mass is 35.5. The quantitative estimate of drug-likeness (QED) is 0.673. The molecule has 0 fully saturated rings. The van der Waals surface area contributed by atoms with E-state index in [0.717, 1.165) is 16.2 Å². The van der Waals surface area contributed by atoms with E-state index in [1.165, 1.54) is 11.3 Å². The predicted molar refractivity (Wildman–Crippen MR) is 66.3 cm³/mol. The third-order valence-corrected chi connectivity index (χ3v) is 3.63. The average Bonchev–Trinajstić information content (AvgIpc) is 2.81. The van der Waals surface area contributed by atoms with Gasteiger partial charge in [0.15, 0.2) is 0 Å². The molecule has 1 aromatic carbocycles. The van der Waals surface area contributed by atoms with Crippen molar-refractivity contribution in [2.45, 2.75) is 0 Å². The molecule has 0 amide bonds. The van der Waals surface area contributed by atoms with Gasteiger partial charge in [0.05, 0.1) is 21.9 Å². The van der Waals surface area contributed by atoms with Gasteiger partial charge in [-0.2, -0.15) is 5.10 Å². The van der Waals surface area contributed by atoms with Gasteiger partial charge in [-0.15, -0.1) is 0 Å². The first-order valence-corrected chi connectivity index (χ1v) is 6.12. The first-order chi connectivity index (χ1) is 7.74. The summed E-state index contributed by atoms with van der Waals surface area (Å²) in [6.07, 6.45) is 1.87. The fourth-order valence-electron chi connectivity index (χ4n) is 1.43. The van der Waals surface area contributed by atoms with E-state index in [1.807, 2.05) is 12.3 Å². The largest absolute Gasteiger partial charge is 0.217 e. The highest BCUT2D eigenvalue weighted by molar-refractivity contribution is 7.14. The summed E-state index contributed by atoms with van der Waals surface area (Å²) in [5.74, 6) is 0. The van der Waals surface area contributed by atoms with Gasteiger partial charge in [-0.05, 0) is 12.1 Å². The Bertz CT molecular complexity index is 630. The molecule has 16 heavy (non-hydrogen) atoms. The lowest BCUT2D eigenvalue weighted by molar-refractivity contribution is 0.974. The first kappa shape index (κ1) is 10.1. The Kier molecular flexibility index (Phi) is 2.35. The summed E-state index contributed by atoms with van der Waals surface area (Å²) in [5, 5.41) is 5.20. The van der Waals surface area contributed by atoms with Crippen molar-refractivity contribution in [3.05, 3.63) is 40.0 Å². The van der Waals surface area contributed by atoms with Gasteiger partial charge in [0.1, 0.15) is 5.51 Å². The molecular formula is C10H5Cl2N3S. The number of aromatic nitrogens is 3. The van der Waals surface area contributed by atoms with Crippen LogP contribution in [-0.2, 0) is 0 Å². The molecule has 0 spiro atoms. The lowest BCUT2D eigenvalue weighted by atomic mass is 10.2. The lowest BCUT2D eigenvalue weighted by Crippen LogP contribution is -1.79. The Balaban J connectivity index is 2.15. The zero-order valence-electron chi connectivity index (χ0n) is 7.89. The van der Waals surface area contributed by atoms with Crippen LogP contribution in [0.25, 0.3) is 16.2 Å². The lowest BCUT2D eigenvalue weighted by Gasteiger charge is -1.98. The van der Waals surface area contributed by atoms with Gasteiger partial charge in [0.25, 0.3) is 0 Å². The second kappa shape index (κ2) is 3.73. The molecule has 80 valence electrons. The Morgan fingerprint density at radius 3 is 2.81 bits per heavy atom. The van der Waals surface area contributed by atoms with Crippen LogP contribution in [0.5, 0.6) is 0 Å². The fraction of sp³-hybridized carbons (Fsp3) is 0. The van der Waals surface area contributed by atoms with Crippen LogP contribution in [0, 0.1) is 0 Å². The molecule has 0 N–H and O–H groups in total. The molecule has 0 aliphatic rings. The van der Waals surface area contributed by atoms with Crippen molar-refractivity contribution >= 4 is 39.5 Å². The van der Waals surface area contributed by atoms with E-state index in [4.69, 9.17) is 23.2 Å². The molecule has 3 nitrogen and oxygen atoms in total. The highest BCUT2D eigenvalue weighted by Gasteiger charge is 2.07. The molecule has 0 bridgehead atoms. The minimum atomic E-state index is 0.531. The van der Waals surface area contributed by atoms with Crippen molar-refractivity contribution in [3.63, 3.8) is 0 Å². The molecule has 3 aromatic rings. The zero-order chi connectivity index (χ0) is 11.1. The number of hydrogen-bond acceptors (Lipinski definition) is 3. The predicted octanol–water partition coefficient (Wildman–Crippen LogP) is 3.76. The number of fused-ring (bicyclic) bond motifs is 1. The van der Waals surface area contributed by atoms with Crippen LogP contribution in [0.3, 0.4) is 0 Å². The Morgan fingerprint density at radius 1 is 1.19 bits per heavy atom. The summed E-state index contributed by atoms with van der Waals surface area (Å²) in [5.41, 5.74) is 3.53. The minimum Gasteiger partial charge on any atom is -0.217 e. The summed E-state index contributed by atoms with van der Waals surface area (Å²) in [6, 6.07) is 5.46. The van der Waals surface area contributed by atoms with Crippen LogP contribution in [0.15, 0.2) is 29.9 Å². The Morgan fingerprint density at radius 2 is 2.06 bits per heavy atom. The first-order valence-electron chi connectivity index (χ1n) is 4.48. The maximum atomic E-state index is 5.96. The number of rotatable bonds is 1. The number of nitrogens with zero attached hydrogens (tertiary/aromatic N) is 3. The third kappa shape index (κ3) is 1.59. The van der Waals surface area contributed by atoms with Gasteiger partial charge in [0, 0.05) is 5.56 Å². The van der Waals surface area contributed by atoms with Crippen LogP contribution < -0.4 is 0 Å². The van der Waals surface area contributed by atoms with Crippen molar-refractivity contribution in [3.8, 4) is 11.3 Å². The molecular weight excluding hydrogens is 265 g/mol. The molecule has 0 radical (unpaired) electrons. The van der Waals surface area contributed by atoms with Crippen LogP contribution >= 0.6 is 34.5 Å². The maximum Gasteiger partial charge on any atom is 0.212 e. The number of hydrogen-bond donors (Lipinski definition) is 0. The Labute approximate surface area is 105 Å².